The van der Waals surface area contributed by atoms with E-state index in [9.17, 15) is 4.39 Å². The number of halogens is 1. The molecule has 1 aromatic carbocycles. The highest BCUT2D eigenvalue weighted by Crippen LogP contribution is 2.33. The lowest BCUT2D eigenvalue weighted by Crippen LogP contribution is -2.53. The second-order valence-corrected chi connectivity index (χ2v) is 9.18. The Bertz CT molecular complexity index is 483. The third kappa shape index (κ3) is 4.05. The van der Waals surface area contributed by atoms with Gasteiger partial charge in [0.15, 0.2) is 14.1 Å². The molecule has 3 heteroatoms. The third-order valence-electron chi connectivity index (χ3n) is 3.53. The number of anilines is 1. The van der Waals surface area contributed by atoms with Gasteiger partial charge >= 0.3 is 0 Å². The van der Waals surface area contributed by atoms with Gasteiger partial charge in [-0.15, -0.1) is 26.3 Å². The molecule has 0 heterocycles. The normalized spacial score (nSPS) is 10.7. The Morgan fingerprint density at radius 2 is 1.62 bits per heavy atom. The topological polar surface area (TPSA) is 3.24 Å². The molecule has 1 radical (unpaired) electrons. The van der Waals surface area contributed by atoms with Gasteiger partial charge in [-0.05, 0) is 24.2 Å². The molecule has 0 aliphatic heterocycles. The van der Waals surface area contributed by atoms with Crippen LogP contribution in [0, 0.1) is 11.9 Å². The summed E-state index contributed by atoms with van der Waals surface area (Å²) in [6.07, 6.45) is 7.56. The number of rotatable bonds is 10. The molecule has 1 aromatic rings. The van der Waals surface area contributed by atoms with Crippen molar-refractivity contribution in [3.05, 3.63) is 80.7 Å². The Kier molecular flexibility index (Phi) is 6.89. The molecule has 0 aliphatic rings. The first kappa shape index (κ1) is 17.2. The SMILES string of the molecule is C=CCN(c1ccc[c]c1F)[Si](CC=C)(CC=C)CC=C. The highest BCUT2D eigenvalue weighted by molar-refractivity contribution is 6.84. The van der Waals surface area contributed by atoms with E-state index < -0.39 is 8.24 Å². The van der Waals surface area contributed by atoms with E-state index in [0.29, 0.717) is 12.2 Å². The van der Waals surface area contributed by atoms with Crippen LogP contribution in [0.25, 0.3) is 0 Å². The molecule has 0 bridgehead atoms. The molecule has 0 spiro atoms. The maximum absolute atomic E-state index is 14.2. The van der Waals surface area contributed by atoms with Gasteiger partial charge in [0.25, 0.3) is 0 Å². The largest absolute Gasteiger partial charge is 0.391 e. The number of hydrogen-bond acceptors (Lipinski definition) is 1. The number of hydrogen-bond donors (Lipinski definition) is 0. The summed E-state index contributed by atoms with van der Waals surface area (Å²) < 4.78 is 16.4. The molecule has 111 valence electrons. The average Bonchev–Trinajstić information content (AvgIpc) is 2.46. The fourth-order valence-electron chi connectivity index (χ4n) is 2.68. The van der Waals surface area contributed by atoms with Crippen molar-refractivity contribution < 1.29 is 4.39 Å². The molecule has 0 saturated heterocycles. The lowest BCUT2D eigenvalue weighted by Gasteiger charge is -2.42. The lowest BCUT2D eigenvalue weighted by molar-refractivity contribution is 0.625. The molecular weight excluding hydrogens is 277 g/mol. The lowest BCUT2D eigenvalue weighted by atomic mass is 10.3. The van der Waals surface area contributed by atoms with Crippen LogP contribution in [0.3, 0.4) is 0 Å². The van der Waals surface area contributed by atoms with Gasteiger partial charge in [-0.25, -0.2) is 4.39 Å². The molecule has 0 atom stereocenters. The van der Waals surface area contributed by atoms with E-state index >= 15 is 0 Å². The van der Waals surface area contributed by atoms with E-state index in [1.807, 2.05) is 30.4 Å². The fraction of sp³-hybridized carbons (Fsp3) is 0.222. The van der Waals surface area contributed by atoms with Crippen molar-refractivity contribution >= 4 is 13.9 Å². The average molecular weight is 300 g/mol. The van der Waals surface area contributed by atoms with E-state index in [1.165, 1.54) is 0 Å². The smallest absolute Gasteiger partial charge is 0.168 e. The Balaban J connectivity index is 3.39. The van der Waals surface area contributed by atoms with E-state index in [2.05, 4.69) is 36.9 Å². The summed E-state index contributed by atoms with van der Waals surface area (Å²) in [5.74, 6) is -0.326. The Hall–Kier alpha value is -1.87. The second kappa shape index (κ2) is 8.42. The van der Waals surface area contributed by atoms with Gasteiger partial charge < -0.3 is 4.57 Å². The van der Waals surface area contributed by atoms with Crippen molar-refractivity contribution in [1.29, 1.82) is 0 Å². The van der Waals surface area contributed by atoms with Gasteiger partial charge in [-0.2, -0.15) is 0 Å². The van der Waals surface area contributed by atoms with Crippen LogP contribution in [0.2, 0.25) is 18.1 Å². The monoisotopic (exact) mass is 300 g/mol. The van der Waals surface area contributed by atoms with Crippen LogP contribution in [0.1, 0.15) is 0 Å². The summed E-state index contributed by atoms with van der Waals surface area (Å²) in [5.41, 5.74) is 0.578. The maximum atomic E-state index is 14.2. The van der Waals surface area contributed by atoms with Crippen LogP contribution in [0.15, 0.2) is 68.8 Å². The first-order valence-corrected chi connectivity index (χ1v) is 9.59. The zero-order chi connectivity index (χ0) is 15.7. The minimum atomic E-state index is -2.07. The summed E-state index contributed by atoms with van der Waals surface area (Å²) >= 11 is 0. The summed E-state index contributed by atoms with van der Waals surface area (Å²) in [6, 6.07) is 10.4. The van der Waals surface area contributed by atoms with Crippen LogP contribution in [0.4, 0.5) is 10.1 Å². The zero-order valence-electron chi connectivity index (χ0n) is 12.5. The minimum Gasteiger partial charge on any atom is -0.391 e. The highest BCUT2D eigenvalue weighted by atomic mass is 28.3. The van der Waals surface area contributed by atoms with Gasteiger partial charge in [-0.1, -0.05) is 36.4 Å². The minimum absolute atomic E-state index is 0.326. The Labute approximate surface area is 128 Å². The summed E-state index contributed by atoms with van der Waals surface area (Å²) in [5, 5.41) is 0. The number of allylic oxidation sites excluding steroid dienone is 3. The summed E-state index contributed by atoms with van der Waals surface area (Å²) in [4.78, 5) is 0. The summed E-state index contributed by atoms with van der Waals surface area (Å²) in [6.45, 7) is 16.1. The van der Waals surface area contributed by atoms with Crippen molar-refractivity contribution in [3.63, 3.8) is 0 Å². The molecule has 0 saturated carbocycles. The van der Waals surface area contributed by atoms with E-state index in [0.717, 1.165) is 18.1 Å². The van der Waals surface area contributed by atoms with Crippen molar-refractivity contribution in [3.8, 4) is 0 Å². The van der Waals surface area contributed by atoms with Crippen molar-refractivity contribution in [1.82, 2.24) is 0 Å². The van der Waals surface area contributed by atoms with Gasteiger partial charge in [0.2, 0.25) is 0 Å². The standard InChI is InChI=1S/C18H23FNSi/c1-5-13-20(18-12-10-9-11-17(18)19)21(14-6-2,15-7-3)16-8-4/h5-10,12H,1-4,13-16H2. The summed E-state index contributed by atoms with van der Waals surface area (Å²) in [7, 11) is -2.07. The van der Waals surface area contributed by atoms with Crippen LogP contribution in [0.5, 0.6) is 0 Å². The van der Waals surface area contributed by atoms with Gasteiger partial charge in [0, 0.05) is 12.6 Å². The molecular formula is C18H23FNSi. The molecule has 21 heavy (non-hydrogen) atoms. The fourth-order valence-corrected chi connectivity index (χ4v) is 6.65. The van der Waals surface area contributed by atoms with Crippen molar-refractivity contribution in [2.24, 2.45) is 0 Å². The van der Waals surface area contributed by atoms with Crippen molar-refractivity contribution in [2.45, 2.75) is 18.1 Å². The quantitative estimate of drug-likeness (QED) is 0.428. The molecule has 0 aromatic heterocycles. The zero-order valence-corrected chi connectivity index (χ0v) is 13.5. The number of nitrogens with zero attached hydrogens (tertiary/aromatic N) is 1. The van der Waals surface area contributed by atoms with Crippen molar-refractivity contribution in [2.75, 3.05) is 11.1 Å². The molecule has 0 unspecified atom stereocenters. The number of benzene rings is 1. The third-order valence-corrected chi connectivity index (χ3v) is 8.25. The predicted octanol–water partition coefficient (Wildman–Crippen LogP) is 5.12. The molecule has 0 amide bonds. The second-order valence-electron chi connectivity index (χ2n) is 4.97. The Morgan fingerprint density at radius 3 is 2.05 bits per heavy atom. The molecule has 0 fully saturated rings. The van der Waals surface area contributed by atoms with Crippen LogP contribution in [-0.4, -0.2) is 14.8 Å². The van der Waals surface area contributed by atoms with Crippen LogP contribution in [-0.2, 0) is 0 Å². The molecule has 0 N–H and O–H groups in total. The van der Waals surface area contributed by atoms with E-state index in [4.69, 9.17) is 0 Å². The first-order valence-electron chi connectivity index (χ1n) is 7.02. The highest BCUT2D eigenvalue weighted by Gasteiger charge is 2.37. The van der Waals surface area contributed by atoms with E-state index in [-0.39, 0.29) is 5.82 Å². The first-order chi connectivity index (χ1) is 10.1. The van der Waals surface area contributed by atoms with Gasteiger partial charge in [0.1, 0.15) is 0 Å². The van der Waals surface area contributed by atoms with E-state index in [1.54, 1.807) is 12.1 Å². The van der Waals surface area contributed by atoms with Gasteiger partial charge in [-0.3, -0.25) is 0 Å². The molecule has 1 nitrogen and oxygen atoms in total. The maximum Gasteiger partial charge on any atom is 0.168 e. The predicted molar refractivity (Wildman–Crippen MR) is 93.5 cm³/mol. The molecule has 1 rings (SSSR count). The molecule has 0 aliphatic carbocycles. The van der Waals surface area contributed by atoms with Gasteiger partial charge in [0.05, 0.1) is 5.69 Å². The van der Waals surface area contributed by atoms with Crippen LogP contribution < -0.4 is 4.57 Å². The van der Waals surface area contributed by atoms with Crippen LogP contribution >= 0.6 is 0 Å². The Morgan fingerprint density at radius 1 is 1.05 bits per heavy atom.